The number of aryl methyl sites for hydroxylation is 1. The van der Waals surface area contributed by atoms with Gasteiger partial charge in [0.15, 0.2) is 5.17 Å². The van der Waals surface area contributed by atoms with Crippen molar-refractivity contribution in [2.45, 2.75) is 26.3 Å². The lowest BCUT2D eigenvalue weighted by atomic mass is 9.94. The Morgan fingerprint density at radius 3 is 2.53 bits per heavy atom. The van der Waals surface area contributed by atoms with E-state index in [2.05, 4.69) is 10.2 Å². The second kappa shape index (κ2) is 10.9. The van der Waals surface area contributed by atoms with E-state index in [0.29, 0.717) is 29.1 Å². The van der Waals surface area contributed by atoms with Crippen LogP contribution in [0.2, 0.25) is 0 Å². The van der Waals surface area contributed by atoms with Crippen molar-refractivity contribution in [3.8, 4) is 0 Å². The zero-order chi connectivity index (χ0) is 24.1. The van der Waals surface area contributed by atoms with Gasteiger partial charge < -0.3 is 19.7 Å². The van der Waals surface area contributed by atoms with Crippen molar-refractivity contribution in [1.82, 2.24) is 4.90 Å². The number of fused-ring (bicyclic) bond motifs is 1. The van der Waals surface area contributed by atoms with Crippen molar-refractivity contribution in [2.24, 2.45) is 4.99 Å². The van der Waals surface area contributed by atoms with E-state index in [1.165, 1.54) is 0 Å². The van der Waals surface area contributed by atoms with Crippen LogP contribution in [-0.2, 0) is 14.3 Å². The van der Waals surface area contributed by atoms with Crippen molar-refractivity contribution in [3.63, 3.8) is 0 Å². The van der Waals surface area contributed by atoms with Crippen LogP contribution >= 0.6 is 11.8 Å². The molecular formula is C26H29N3O4S. The predicted octanol–water partition coefficient (Wildman–Crippen LogP) is 4.56. The molecule has 0 saturated carbocycles. The number of carbonyl (C=O) groups is 2. The average Bonchev–Trinajstić information content (AvgIpc) is 2.84. The molecule has 178 valence electrons. The van der Waals surface area contributed by atoms with Crippen LogP contribution in [0.5, 0.6) is 0 Å². The molecule has 2 aliphatic rings. The number of carbonyl (C=O) groups excluding carboxylic acids is 2. The Hall–Kier alpha value is -3.10. The molecular weight excluding hydrogens is 450 g/mol. The van der Waals surface area contributed by atoms with Crippen LogP contribution in [0.1, 0.15) is 40.9 Å². The summed E-state index contributed by atoms with van der Waals surface area (Å²) >= 11 is 1.71. The van der Waals surface area contributed by atoms with Gasteiger partial charge in [-0.25, -0.2) is 9.79 Å². The molecule has 1 fully saturated rings. The number of aliphatic imine (C=N–C) groups is 1. The Morgan fingerprint density at radius 2 is 1.82 bits per heavy atom. The second-order valence-corrected chi connectivity index (χ2v) is 9.32. The number of nitrogens with zero attached hydrogens (tertiary/aromatic N) is 2. The summed E-state index contributed by atoms with van der Waals surface area (Å²) in [7, 11) is 1.57. The molecule has 34 heavy (non-hydrogen) atoms. The molecule has 0 bridgehead atoms. The van der Waals surface area contributed by atoms with Crippen LogP contribution in [0.4, 0.5) is 5.69 Å². The van der Waals surface area contributed by atoms with Gasteiger partial charge in [0, 0.05) is 30.7 Å². The summed E-state index contributed by atoms with van der Waals surface area (Å²) in [4.78, 5) is 32.5. The predicted molar refractivity (Wildman–Crippen MR) is 135 cm³/mol. The minimum atomic E-state index is -0.380. The van der Waals surface area contributed by atoms with E-state index < -0.39 is 0 Å². The number of ether oxygens (including phenoxy) is 2. The summed E-state index contributed by atoms with van der Waals surface area (Å²) in [5.41, 5.74) is 4.56. The molecule has 1 N–H and O–H groups in total. The van der Waals surface area contributed by atoms with Gasteiger partial charge in [0.05, 0.1) is 23.9 Å². The third-order valence-electron chi connectivity index (χ3n) is 5.80. The molecule has 1 atom stereocenters. The highest BCUT2D eigenvalue weighted by Crippen LogP contribution is 2.40. The molecule has 2 heterocycles. The largest absolute Gasteiger partial charge is 0.460 e. The number of nitrogens with one attached hydrogen (secondary N) is 1. The normalized spacial score (nSPS) is 17.7. The third-order valence-corrected chi connectivity index (χ3v) is 6.87. The van der Waals surface area contributed by atoms with Crippen molar-refractivity contribution in [2.75, 3.05) is 37.9 Å². The number of hydrogen-bond donors (Lipinski definition) is 1. The van der Waals surface area contributed by atoms with E-state index in [1.807, 2.05) is 62.4 Å². The van der Waals surface area contributed by atoms with Gasteiger partial charge in [0.1, 0.15) is 6.61 Å². The van der Waals surface area contributed by atoms with Gasteiger partial charge in [0.2, 0.25) is 0 Å². The molecule has 1 unspecified atom stereocenters. The molecule has 4 rings (SSSR count). The zero-order valence-electron chi connectivity index (χ0n) is 19.7. The molecule has 2 aliphatic heterocycles. The van der Waals surface area contributed by atoms with E-state index in [9.17, 15) is 9.59 Å². The van der Waals surface area contributed by atoms with Crippen LogP contribution in [-0.4, -0.2) is 54.6 Å². The average molecular weight is 480 g/mol. The fourth-order valence-corrected chi connectivity index (χ4v) is 5.05. The second-order valence-electron chi connectivity index (χ2n) is 8.26. The summed E-state index contributed by atoms with van der Waals surface area (Å²) in [6.45, 7) is 5.18. The minimum Gasteiger partial charge on any atom is -0.460 e. The molecule has 0 radical (unpaired) electrons. The van der Waals surface area contributed by atoms with E-state index >= 15 is 0 Å². The first-order chi connectivity index (χ1) is 16.5. The van der Waals surface area contributed by atoms with Gasteiger partial charge in [-0.05, 0) is 50.1 Å². The number of esters is 1. The van der Waals surface area contributed by atoms with Gasteiger partial charge in [-0.1, -0.05) is 41.6 Å². The first-order valence-corrected chi connectivity index (χ1v) is 12.3. The Bertz CT molecular complexity index is 1110. The number of benzene rings is 2. The first kappa shape index (κ1) is 24.0. The Kier molecular flexibility index (Phi) is 7.70. The molecule has 0 spiro atoms. The standard InChI is InChI=1S/C26H29N3O4S/c1-17-5-7-20(8-6-17)24(30)28-21-11-9-19(10-12-21)23-22(25(31)33-15-14-32-3)18(2)27-26-29(23)13-4-16-34-26/h5-12,23H,4,13-16H2,1-3H3,(H,28,30). The van der Waals surface area contributed by atoms with Crippen LogP contribution in [0.15, 0.2) is 64.8 Å². The lowest BCUT2D eigenvalue weighted by Gasteiger charge is -2.40. The van der Waals surface area contributed by atoms with E-state index in [-0.39, 0.29) is 24.5 Å². The summed E-state index contributed by atoms with van der Waals surface area (Å²) in [6, 6.07) is 14.8. The third kappa shape index (κ3) is 5.34. The van der Waals surface area contributed by atoms with Crippen molar-refractivity contribution in [3.05, 3.63) is 76.5 Å². The Labute approximate surface area is 204 Å². The Balaban J connectivity index is 1.58. The Morgan fingerprint density at radius 1 is 1.09 bits per heavy atom. The van der Waals surface area contributed by atoms with Crippen molar-refractivity contribution < 1.29 is 19.1 Å². The van der Waals surface area contributed by atoms with Crippen LogP contribution in [0.25, 0.3) is 0 Å². The number of methoxy groups -OCH3 is 1. The van der Waals surface area contributed by atoms with Gasteiger partial charge in [-0.15, -0.1) is 0 Å². The number of hydrogen-bond acceptors (Lipinski definition) is 7. The molecule has 7 nitrogen and oxygen atoms in total. The van der Waals surface area contributed by atoms with Crippen LogP contribution in [0, 0.1) is 6.92 Å². The summed E-state index contributed by atoms with van der Waals surface area (Å²) in [5.74, 6) is 0.465. The smallest absolute Gasteiger partial charge is 0.338 e. The molecule has 0 aromatic heterocycles. The van der Waals surface area contributed by atoms with Crippen LogP contribution in [0.3, 0.4) is 0 Å². The SMILES string of the molecule is COCCOC(=O)C1=C(C)N=C2SCCCN2C1c1ccc(NC(=O)c2ccc(C)cc2)cc1. The lowest BCUT2D eigenvalue weighted by Crippen LogP contribution is -2.42. The number of amidine groups is 1. The number of allylic oxidation sites excluding steroid dienone is 1. The maximum atomic E-state index is 13.0. The van der Waals surface area contributed by atoms with Gasteiger partial charge >= 0.3 is 5.97 Å². The number of amides is 1. The van der Waals surface area contributed by atoms with Gasteiger partial charge in [0.25, 0.3) is 5.91 Å². The molecule has 8 heteroatoms. The summed E-state index contributed by atoms with van der Waals surface area (Å²) in [6.07, 6.45) is 1.01. The first-order valence-electron chi connectivity index (χ1n) is 11.3. The van der Waals surface area contributed by atoms with E-state index in [1.54, 1.807) is 18.9 Å². The van der Waals surface area contributed by atoms with E-state index in [4.69, 9.17) is 14.5 Å². The number of thioether (sulfide) groups is 1. The highest BCUT2D eigenvalue weighted by Gasteiger charge is 2.37. The molecule has 0 aliphatic carbocycles. The molecule has 1 saturated heterocycles. The van der Waals surface area contributed by atoms with Crippen molar-refractivity contribution >= 4 is 34.5 Å². The summed E-state index contributed by atoms with van der Waals surface area (Å²) in [5, 5.41) is 3.87. The number of anilines is 1. The maximum absolute atomic E-state index is 13.0. The monoisotopic (exact) mass is 479 g/mol. The highest BCUT2D eigenvalue weighted by atomic mass is 32.2. The fraction of sp³-hybridized carbons (Fsp3) is 0.346. The minimum absolute atomic E-state index is 0.162. The molecule has 2 aromatic carbocycles. The summed E-state index contributed by atoms with van der Waals surface area (Å²) < 4.78 is 10.5. The lowest BCUT2D eigenvalue weighted by molar-refractivity contribution is -0.141. The zero-order valence-corrected chi connectivity index (χ0v) is 20.5. The maximum Gasteiger partial charge on any atom is 0.338 e. The van der Waals surface area contributed by atoms with Gasteiger partial charge in [-0.3, -0.25) is 4.79 Å². The van der Waals surface area contributed by atoms with Crippen LogP contribution < -0.4 is 5.32 Å². The highest BCUT2D eigenvalue weighted by molar-refractivity contribution is 8.13. The molecule has 2 aromatic rings. The number of rotatable bonds is 7. The topological polar surface area (TPSA) is 80.2 Å². The van der Waals surface area contributed by atoms with E-state index in [0.717, 1.165) is 35.0 Å². The molecule has 1 amide bonds. The fourth-order valence-electron chi connectivity index (χ4n) is 4.03. The quantitative estimate of drug-likeness (QED) is 0.463. The van der Waals surface area contributed by atoms with Crippen molar-refractivity contribution in [1.29, 1.82) is 0 Å². The van der Waals surface area contributed by atoms with Gasteiger partial charge in [-0.2, -0.15) is 0 Å².